The van der Waals surface area contributed by atoms with E-state index >= 15 is 0 Å². The summed E-state index contributed by atoms with van der Waals surface area (Å²) in [5, 5.41) is 9.66. The topological polar surface area (TPSA) is 32.7 Å². The van der Waals surface area contributed by atoms with Gasteiger partial charge in [0.1, 0.15) is 0 Å². The maximum absolute atomic E-state index is 9.55. The molecule has 1 N–H and O–H groups in total. The molecule has 0 spiro atoms. The predicted octanol–water partition coefficient (Wildman–Crippen LogP) is 6.46. The molecule has 0 aliphatic carbocycles. The predicted molar refractivity (Wildman–Crippen MR) is 135 cm³/mol. The molecule has 3 nitrogen and oxygen atoms in total. The van der Waals surface area contributed by atoms with Gasteiger partial charge in [0.05, 0.1) is 6.10 Å². The lowest BCUT2D eigenvalue weighted by molar-refractivity contribution is 0.0486. The molecule has 5 heteroatoms. The van der Waals surface area contributed by atoms with Crippen molar-refractivity contribution in [1.82, 2.24) is 4.90 Å². The molecule has 0 radical (unpaired) electrons. The van der Waals surface area contributed by atoms with Crippen LogP contribution in [0, 0.1) is 0 Å². The number of hydrogen-bond acceptors (Lipinski definition) is 3. The molecule has 0 aliphatic heterocycles. The summed E-state index contributed by atoms with van der Waals surface area (Å²) in [6, 6.07) is 21.2. The minimum Gasteiger partial charge on any atom is -0.412 e. The van der Waals surface area contributed by atoms with Crippen molar-refractivity contribution < 1.29 is 9.53 Å². The summed E-state index contributed by atoms with van der Waals surface area (Å²) < 4.78 is 6.92. The number of aliphatic hydroxyl groups excluding tert-OH is 1. The van der Waals surface area contributed by atoms with E-state index in [-0.39, 0.29) is 23.8 Å². The lowest BCUT2D eigenvalue weighted by Crippen LogP contribution is -2.52. The highest BCUT2D eigenvalue weighted by Crippen LogP contribution is 2.38. The van der Waals surface area contributed by atoms with Crippen LogP contribution < -0.4 is 0 Å². The molecule has 0 aliphatic rings. The van der Waals surface area contributed by atoms with Gasteiger partial charge in [0.15, 0.2) is 8.32 Å². The summed E-state index contributed by atoms with van der Waals surface area (Å²) in [4.78, 5) is 2.45. The van der Waals surface area contributed by atoms with Crippen molar-refractivity contribution in [3.05, 3.63) is 71.8 Å². The number of rotatable bonds is 12. The first-order chi connectivity index (χ1) is 14.7. The standard InChI is InChI=1S/C26H40ClNO2Si/c1-26(2,3)31(4,5)30-25(17-12-18-29)24(19-27)28(20-22-13-8-6-9-14-22)21-23-15-10-7-11-16-23/h6-11,13-16,24-25,29H,12,17-21H2,1-5H3/t24-,25-/m1/s1. The first-order valence-electron chi connectivity index (χ1n) is 11.3. The van der Waals surface area contributed by atoms with Gasteiger partial charge in [-0.1, -0.05) is 81.4 Å². The van der Waals surface area contributed by atoms with E-state index in [2.05, 4.69) is 99.4 Å². The fourth-order valence-electron chi connectivity index (χ4n) is 3.54. The molecular weight excluding hydrogens is 422 g/mol. The van der Waals surface area contributed by atoms with E-state index in [1.54, 1.807) is 0 Å². The molecule has 2 aromatic rings. The van der Waals surface area contributed by atoms with Crippen LogP contribution in [0.4, 0.5) is 0 Å². The first kappa shape index (κ1) is 26.1. The van der Waals surface area contributed by atoms with Gasteiger partial charge in [-0.05, 0) is 42.1 Å². The Labute approximate surface area is 195 Å². The van der Waals surface area contributed by atoms with Crippen LogP contribution >= 0.6 is 11.6 Å². The Morgan fingerprint density at radius 1 is 0.935 bits per heavy atom. The van der Waals surface area contributed by atoms with Crippen molar-refractivity contribution in [1.29, 1.82) is 0 Å². The monoisotopic (exact) mass is 461 g/mol. The largest absolute Gasteiger partial charge is 0.412 e. The van der Waals surface area contributed by atoms with Crippen molar-refractivity contribution in [2.24, 2.45) is 0 Å². The second-order valence-electron chi connectivity index (χ2n) is 9.88. The van der Waals surface area contributed by atoms with Crippen molar-refractivity contribution in [3.63, 3.8) is 0 Å². The highest BCUT2D eigenvalue weighted by molar-refractivity contribution is 6.74. The number of aliphatic hydroxyl groups is 1. The lowest BCUT2D eigenvalue weighted by Gasteiger charge is -2.44. The molecular formula is C26H40ClNO2Si. The molecule has 172 valence electrons. The highest BCUT2D eigenvalue weighted by Gasteiger charge is 2.41. The Hall–Kier alpha value is -1.17. The molecule has 2 atom stereocenters. The number of nitrogens with zero attached hydrogens (tertiary/aromatic N) is 1. The Morgan fingerprint density at radius 3 is 1.81 bits per heavy atom. The van der Waals surface area contributed by atoms with Crippen LogP contribution in [0.2, 0.25) is 18.1 Å². The molecule has 0 unspecified atom stereocenters. The maximum Gasteiger partial charge on any atom is 0.192 e. The third kappa shape index (κ3) is 8.03. The SMILES string of the molecule is CC(C)(C)[Si](C)(C)O[C@H](CCCO)[C@@H](CCl)N(Cc1ccccc1)Cc1ccccc1. The molecule has 31 heavy (non-hydrogen) atoms. The third-order valence-electron chi connectivity index (χ3n) is 6.41. The molecule has 0 bridgehead atoms. The van der Waals surface area contributed by atoms with Gasteiger partial charge in [-0.3, -0.25) is 4.90 Å². The summed E-state index contributed by atoms with van der Waals surface area (Å²) in [6.45, 7) is 13.2. The van der Waals surface area contributed by atoms with E-state index in [4.69, 9.17) is 16.0 Å². The minimum atomic E-state index is -1.99. The van der Waals surface area contributed by atoms with E-state index < -0.39 is 8.32 Å². The molecule has 0 saturated carbocycles. The van der Waals surface area contributed by atoms with Gasteiger partial charge in [0, 0.05) is 31.6 Å². The fourth-order valence-corrected chi connectivity index (χ4v) is 5.32. The maximum atomic E-state index is 9.55. The average molecular weight is 462 g/mol. The minimum absolute atomic E-state index is 0.0158. The van der Waals surface area contributed by atoms with Crippen LogP contribution in [0.5, 0.6) is 0 Å². The zero-order chi connectivity index (χ0) is 22.9. The van der Waals surface area contributed by atoms with Gasteiger partial charge < -0.3 is 9.53 Å². The Bertz CT molecular complexity index is 708. The molecule has 0 heterocycles. The number of benzene rings is 2. The fraction of sp³-hybridized carbons (Fsp3) is 0.538. The van der Waals surface area contributed by atoms with Crippen LogP contribution in [0.3, 0.4) is 0 Å². The van der Waals surface area contributed by atoms with Crippen molar-refractivity contribution in [2.45, 2.75) is 77.0 Å². The summed E-state index contributed by atoms with van der Waals surface area (Å²) in [6.07, 6.45) is 1.51. The van der Waals surface area contributed by atoms with E-state index in [0.717, 1.165) is 25.9 Å². The third-order valence-corrected chi connectivity index (χ3v) is 11.2. The second-order valence-corrected chi connectivity index (χ2v) is 14.9. The van der Waals surface area contributed by atoms with Crippen LogP contribution in [-0.4, -0.2) is 43.0 Å². The van der Waals surface area contributed by atoms with Crippen LogP contribution in [0.25, 0.3) is 0 Å². The van der Waals surface area contributed by atoms with Gasteiger partial charge in [0.25, 0.3) is 0 Å². The van der Waals surface area contributed by atoms with Crippen LogP contribution in [0.15, 0.2) is 60.7 Å². The molecule has 2 rings (SSSR count). The molecule has 0 fully saturated rings. The smallest absolute Gasteiger partial charge is 0.192 e. The zero-order valence-corrected chi connectivity index (χ0v) is 21.6. The van der Waals surface area contributed by atoms with Crippen molar-refractivity contribution in [2.75, 3.05) is 12.5 Å². The molecule has 0 amide bonds. The molecule has 0 aromatic heterocycles. The van der Waals surface area contributed by atoms with Crippen molar-refractivity contribution in [3.8, 4) is 0 Å². The zero-order valence-electron chi connectivity index (χ0n) is 19.9. The van der Waals surface area contributed by atoms with Crippen LogP contribution in [-0.2, 0) is 17.5 Å². The summed E-state index contributed by atoms with van der Waals surface area (Å²) >= 11 is 6.64. The number of hydrogen-bond donors (Lipinski definition) is 1. The van der Waals surface area contributed by atoms with E-state index in [1.807, 2.05) is 0 Å². The molecule has 0 saturated heterocycles. The number of alkyl halides is 1. The van der Waals surface area contributed by atoms with Gasteiger partial charge >= 0.3 is 0 Å². The van der Waals surface area contributed by atoms with E-state index in [0.29, 0.717) is 5.88 Å². The number of halogens is 1. The normalized spacial score (nSPS) is 14.6. The average Bonchev–Trinajstić information content (AvgIpc) is 2.73. The second kappa shape index (κ2) is 12.2. The molecule has 2 aromatic carbocycles. The quantitative estimate of drug-likeness (QED) is 0.291. The van der Waals surface area contributed by atoms with Crippen molar-refractivity contribution >= 4 is 19.9 Å². The van der Waals surface area contributed by atoms with Gasteiger partial charge in [0.2, 0.25) is 0 Å². The summed E-state index contributed by atoms with van der Waals surface area (Å²) in [5.74, 6) is 0.490. The van der Waals surface area contributed by atoms with E-state index in [9.17, 15) is 5.11 Å². The Morgan fingerprint density at radius 2 is 1.42 bits per heavy atom. The summed E-state index contributed by atoms with van der Waals surface area (Å²) in [5.41, 5.74) is 2.53. The van der Waals surface area contributed by atoms with Gasteiger partial charge in [-0.2, -0.15) is 0 Å². The van der Waals surface area contributed by atoms with Crippen LogP contribution in [0.1, 0.15) is 44.7 Å². The first-order valence-corrected chi connectivity index (χ1v) is 14.8. The Kier molecular flexibility index (Phi) is 10.2. The van der Waals surface area contributed by atoms with E-state index in [1.165, 1.54) is 11.1 Å². The lowest BCUT2D eigenvalue weighted by atomic mass is 10.0. The van der Waals surface area contributed by atoms with Gasteiger partial charge in [-0.15, -0.1) is 11.6 Å². The Balaban J connectivity index is 2.35. The van der Waals surface area contributed by atoms with Gasteiger partial charge in [-0.25, -0.2) is 0 Å². The highest BCUT2D eigenvalue weighted by atomic mass is 35.5. The summed E-state index contributed by atoms with van der Waals surface area (Å²) in [7, 11) is -1.99.